The van der Waals surface area contributed by atoms with Crippen molar-refractivity contribution in [3.8, 4) is 0 Å². The van der Waals surface area contributed by atoms with E-state index in [4.69, 9.17) is 13.2 Å². The summed E-state index contributed by atoms with van der Waals surface area (Å²) in [6, 6.07) is 0. The summed E-state index contributed by atoms with van der Waals surface area (Å²) in [7, 11) is 0. The Balaban J connectivity index is 1.84. The van der Waals surface area contributed by atoms with Crippen LogP contribution in [0.4, 0.5) is 0 Å². The Morgan fingerprint density at radius 2 is 1.57 bits per heavy atom. The highest BCUT2D eigenvalue weighted by Crippen LogP contribution is 2.73. The van der Waals surface area contributed by atoms with E-state index in [-0.39, 0.29) is 5.41 Å². The molecule has 3 saturated carbocycles. The predicted octanol–water partition coefficient (Wildman–Crippen LogP) is 10.7. The second-order valence-corrected chi connectivity index (χ2v) is 14.2. The molecule has 3 rings (SSSR count). The zero-order valence-electron chi connectivity index (χ0n) is 24.4. The van der Waals surface area contributed by atoms with Gasteiger partial charge in [-0.2, -0.15) is 0 Å². The first-order chi connectivity index (χ1) is 16.2. The molecule has 0 heteroatoms. The minimum absolute atomic E-state index is 0.198. The maximum absolute atomic E-state index is 4.84. The summed E-state index contributed by atoms with van der Waals surface area (Å²) < 4.78 is 0. The van der Waals surface area contributed by atoms with Gasteiger partial charge in [0.05, 0.1) is 0 Å². The van der Waals surface area contributed by atoms with Gasteiger partial charge < -0.3 is 0 Å². The van der Waals surface area contributed by atoms with Gasteiger partial charge in [-0.05, 0) is 96.4 Å². The molecule has 196 valence electrons. The van der Waals surface area contributed by atoms with Crippen LogP contribution in [0.15, 0.2) is 60.8 Å². The third kappa shape index (κ3) is 5.83. The molecule has 0 amide bonds. The summed E-state index contributed by atoms with van der Waals surface area (Å²) in [5, 5.41) is 0. The predicted molar refractivity (Wildman–Crippen MR) is 156 cm³/mol. The highest BCUT2D eigenvalue weighted by molar-refractivity contribution is 5.33. The molecule has 2 unspecified atom stereocenters. The highest BCUT2D eigenvalue weighted by atomic mass is 14.7. The molecule has 0 aromatic heterocycles. The van der Waals surface area contributed by atoms with Crippen molar-refractivity contribution in [2.75, 3.05) is 0 Å². The van der Waals surface area contributed by atoms with Gasteiger partial charge in [-0.15, -0.1) is 0 Å². The molecule has 0 N–H and O–H groups in total. The van der Waals surface area contributed by atoms with Crippen LogP contribution >= 0.6 is 0 Å². The van der Waals surface area contributed by atoms with Crippen molar-refractivity contribution >= 4 is 0 Å². The van der Waals surface area contributed by atoms with E-state index in [1.165, 1.54) is 60.0 Å². The molecule has 0 aliphatic heterocycles. The molecule has 35 heavy (non-hydrogen) atoms. The molecular weight excluding hydrogens is 420 g/mol. The fraction of sp³-hybridized carbons (Fsp3) is 0.714. The second kappa shape index (κ2) is 10.6. The van der Waals surface area contributed by atoms with E-state index >= 15 is 0 Å². The van der Waals surface area contributed by atoms with Gasteiger partial charge in [0.1, 0.15) is 0 Å². The van der Waals surface area contributed by atoms with E-state index in [9.17, 15) is 0 Å². The number of allylic oxidation sites excluding steroid dienone is 5. The van der Waals surface area contributed by atoms with Crippen molar-refractivity contribution < 1.29 is 0 Å². The fourth-order valence-electron chi connectivity index (χ4n) is 7.67. The van der Waals surface area contributed by atoms with Gasteiger partial charge in [-0.1, -0.05) is 123 Å². The Hall–Kier alpha value is -1.30. The van der Waals surface area contributed by atoms with Gasteiger partial charge in [0, 0.05) is 0 Å². The molecule has 0 saturated heterocycles. The molecule has 3 aliphatic carbocycles. The molecular formula is C35H56. The minimum Gasteiger partial charge on any atom is -0.0998 e. The lowest BCUT2D eigenvalue weighted by Gasteiger charge is -2.40. The molecule has 0 aromatic carbocycles. The summed E-state index contributed by atoms with van der Waals surface area (Å²) in [4.78, 5) is 0. The summed E-state index contributed by atoms with van der Waals surface area (Å²) >= 11 is 0. The van der Waals surface area contributed by atoms with Gasteiger partial charge in [-0.3, -0.25) is 0 Å². The highest BCUT2D eigenvalue weighted by Gasteiger charge is 2.67. The Labute approximate surface area is 219 Å². The first-order valence-electron chi connectivity index (χ1n) is 14.6. The quantitative estimate of drug-likeness (QED) is 0.183. The third-order valence-electron chi connectivity index (χ3n) is 10.6. The van der Waals surface area contributed by atoms with Crippen LogP contribution in [0.2, 0.25) is 0 Å². The van der Waals surface area contributed by atoms with Gasteiger partial charge in [0.2, 0.25) is 0 Å². The Bertz CT molecular complexity index is 851. The second-order valence-electron chi connectivity index (χ2n) is 14.2. The SMILES string of the molecule is C=C(CC)C[C@H](C(=C)C1C[C@H]2[C@@H]([C@H]1C(=C)CC(CC1CCC1)C(=C)C(=C)CC)C2(C)C)C(C)(C)C. The average Bonchev–Trinajstić information content (AvgIpc) is 3.10. The van der Waals surface area contributed by atoms with Crippen molar-refractivity contribution in [1.82, 2.24) is 0 Å². The van der Waals surface area contributed by atoms with Gasteiger partial charge in [-0.25, -0.2) is 0 Å². The fourth-order valence-corrected chi connectivity index (χ4v) is 7.67. The number of rotatable bonds is 13. The van der Waals surface area contributed by atoms with Crippen molar-refractivity contribution in [3.63, 3.8) is 0 Å². The smallest absolute Gasteiger partial charge is 0.0104 e. The molecule has 3 fully saturated rings. The van der Waals surface area contributed by atoms with Crippen LogP contribution < -0.4 is 0 Å². The van der Waals surface area contributed by atoms with Gasteiger partial charge in [0.25, 0.3) is 0 Å². The Morgan fingerprint density at radius 1 is 0.943 bits per heavy atom. The lowest BCUT2D eigenvalue weighted by Crippen LogP contribution is -2.31. The summed E-state index contributed by atoms with van der Waals surface area (Å²) in [6.07, 6.45) is 11.0. The van der Waals surface area contributed by atoms with Crippen molar-refractivity contribution in [1.29, 1.82) is 0 Å². The van der Waals surface area contributed by atoms with Crippen LogP contribution in [0.1, 0.15) is 106 Å². The van der Waals surface area contributed by atoms with E-state index in [2.05, 4.69) is 68.2 Å². The number of hydrogen-bond acceptors (Lipinski definition) is 0. The van der Waals surface area contributed by atoms with Crippen LogP contribution in [0.25, 0.3) is 0 Å². The maximum Gasteiger partial charge on any atom is -0.0104 e. The van der Waals surface area contributed by atoms with Crippen molar-refractivity contribution in [3.05, 3.63) is 60.8 Å². The first kappa shape index (κ1) is 28.3. The maximum atomic E-state index is 4.84. The molecule has 0 aromatic rings. The van der Waals surface area contributed by atoms with E-state index in [0.29, 0.717) is 29.1 Å². The molecule has 6 atom stereocenters. The van der Waals surface area contributed by atoms with Crippen LogP contribution in [0, 0.1) is 52.3 Å². The first-order valence-corrected chi connectivity index (χ1v) is 14.6. The van der Waals surface area contributed by atoms with Crippen molar-refractivity contribution in [2.24, 2.45) is 52.3 Å². The summed E-state index contributed by atoms with van der Waals surface area (Å²) in [5.74, 6) is 4.57. The van der Waals surface area contributed by atoms with E-state index in [0.717, 1.165) is 43.4 Å². The van der Waals surface area contributed by atoms with E-state index in [1.807, 2.05) is 0 Å². The minimum atomic E-state index is 0.198. The number of hydrogen-bond donors (Lipinski definition) is 0. The van der Waals surface area contributed by atoms with Crippen LogP contribution in [-0.2, 0) is 0 Å². The third-order valence-corrected chi connectivity index (χ3v) is 10.6. The largest absolute Gasteiger partial charge is 0.0998 e. The van der Waals surface area contributed by atoms with E-state index < -0.39 is 0 Å². The van der Waals surface area contributed by atoms with Crippen LogP contribution in [0.5, 0.6) is 0 Å². The van der Waals surface area contributed by atoms with Gasteiger partial charge >= 0.3 is 0 Å². The van der Waals surface area contributed by atoms with E-state index in [1.54, 1.807) is 0 Å². The average molecular weight is 477 g/mol. The van der Waals surface area contributed by atoms with Crippen LogP contribution in [0.3, 0.4) is 0 Å². The standard InChI is InChI=1S/C35H56/c1-13-22(3)18-30(34(8,9)10)26(7)29-21-31-33(35(31,11)12)32(29)24(5)19-28(20-27-16-15-17-27)25(6)23(4)14-2/h27-33H,3-7,13-21H2,1-2,8-12H3/t28?,29?,30-,31+,32+,33+/m1/s1. The number of fused-ring (bicyclic) bond motifs is 1. The normalized spacial score (nSPS) is 29.0. The molecule has 0 spiro atoms. The Kier molecular flexibility index (Phi) is 8.56. The lowest BCUT2D eigenvalue weighted by molar-refractivity contribution is 0.227. The molecule has 0 radical (unpaired) electrons. The van der Waals surface area contributed by atoms with Crippen LogP contribution in [-0.4, -0.2) is 0 Å². The topological polar surface area (TPSA) is 0 Å². The lowest BCUT2D eigenvalue weighted by atomic mass is 9.65. The molecule has 3 aliphatic rings. The van der Waals surface area contributed by atoms with Gasteiger partial charge in [0.15, 0.2) is 0 Å². The van der Waals surface area contributed by atoms with Crippen molar-refractivity contribution in [2.45, 2.75) is 106 Å². The molecule has 0 bridgehead atoms. The molecule has 0 heterocycles. The molecule has 0 nitrogen and oxygen atoms in total. The summed E-state index contributed by atoms with van der Waals surface area (Å²) in [5.41, 5.74) is 7.50. The summed E-state index contributed by atoms with van der Waals surface area (Å²) in [6.45, 7) is 39.6. The zero-order valence-corrected chi connectivity index (χ0v) is 24.4. The zero-order chi connectivity index (χ0) is 26.3. The Morgan fingerprint density at radius 3 is 2.06 bits per heavy atom. The monoisotopic (exact) mass is 476 g/mol.